The van der Waals surface area contributed by atoms with Crippen LogP contribution in [0.4, 0.5) is 17.5 Å². The van der Waals surface area contributed by atoms with Gasteiger partial charge >= 0.3 is 5.69 Å². The quantitative estimate of drug-likeness (QED) is 0.494. The minimum Gasteiger partial charge on any atom is -0.378 e. The molecule has 2 aromatic rings. The van der Waals surface area contributed by atoms with Gasteiger partial charge in [0.25, 0.3) is 0 Å². The summed E-state index contributed by atoms with van der Waals surface area (Å²) in [6.07, 6.45) is 4.23. The summed E-state index contributed by atoms with van der Waals surface area (Å²) < 4.78 is 0. The molecule has 8 nitrogen and oxygen atoms in total. The highest BCUT2D eigenvalue weighted by Gasteiger charge is 2.27. The number of halogens is 1. The van der Waals surface area contributed by atoms with Crippen LogP contribution in [0.5, 0.6) is 0 Å². The molecule has 3 rings (SSSR count). The highest BCUT2D eigenvalue weighted by molar-refractivity contribution is 6.30. The third-order valence-corrected chi connectivity index (χ3v) is 5.52. The Kier molecular flexibility index (Phi) is 6.31. The van der Waals surface area contributed by atoms with Gasteiger partial charge in [0.2, 0.25) is 11.8 Å². The molecule has 1 saturated carbocycles. The maximum Gasteiger partial charge on any atom is 0.332 e. The predicted octanol–water partition coefficient (Wildman–Crippen LogP) is 3.60. The lowest BCUT2D eigenvalue weighted by atomic mass is 9.83. The van der Waals surface area contributed by atoms with Crippen LogP contribution in [0.3, 0.4) is 0 Å². The smallest absolute Gasteiger partial charge is 0.332 e. The average Bonchev–Trinajstić information content (AvgIpc) is 2.63. The van der Waals surface area contributed by atoms with Gasteiger partial charge in [0.15, 0.2) is 0 Å². The van der Waals surface area contributed by atoms with Crippen molar-refractivity contribution >= 4 is 29.1 Å². The summed E-state index contributed by atoms with van der Waals surface area (Å²) in [6.45, 7) is 2.43. The van der Waals surface area contributed by atoms with Gasteiger partial charge < -0.3 is 16.8 Å². The van der Waals surface area contributed by atoms with Crippen molar-refractivity contribution in [1.29, 1.82) is 0 Å². The van der Waals surface area contributed by atoms with E-state index in [0.29, 0.717) is 29.6 Å². The minimum absolute atomic E-state index is 0.118. The van der Waals surface area contributed by atoms with Crippen molar-refractivity contribution in [2.75, 3.05) is 11.1 Å². The second-order valence-corrected chi connectivity index (χ2v) is 7.83. The highest BCUT2D eigenvalue weighted by atomic mass is 35.5. The van der Waals surface area contributed by atoms with Crippen molar-refractivity contribution < 1.29 is 4.92 Å². The number of hydrogen-bond acceptors (Lipinski definition) is 7. The second-order valence-electron chi connectivity index (χ2n) is 7.39. The van der Waals surface area contributed by atoms with Gasteiger partial charge in [-0.05, 0) is 68.2 Å². The zero-order valence-corrected chi connectivity index (χ0v) is 16.6. The highest BCUT2D eigenvalue weighted by Crippen LogP contribution is 2.32. The van der Waals surface area contributed by atoms with Crippen molar-refractivity contribution in [3.8, 4) is 0 Å². The first-order valence-corrected chi connectivity index (χ1v) is 9.76. The van der Waals surface area contributed by atoms with E-state index in [4.69, 9.17) is 23.1 Å². The molecule has 150 valence electrons. The summed E-state index contributed by atoms with van der Waals surface area (Å²) in [6, 6.07) is 5.85. The van der Waals surface area contributed by atoms with Crippen molar-refractivity contribution in [3.63, 3.8) is 0 Å². The molecule has 1 heterocycles. The maximum atomic E-state index is 11.5. The van der Waals surface area contributed by atoms with Gasteiger partial charge in [0.1, 0.15) is 5.69 Å². The summed E-state index contributed by atoms with van der Waals surface area (Å²) in [4.78, 5) is 19.5. The van der Waals surface area contributed by atoms with E-state index in [1.165, 1.54) is 0 Å². The number of nitro groups is 1. The fraction of sp³-hybridized carbons (Fsp3) is 0.474. The summed E-state index contributed by atoms with van der Waals surface area (Å²) in [7, 11) is 0. The first-order chi connectivity index (χ1) is 13.3. The van der Waals surface area contributed by atoms with Crippen LogP contribution in [0.2, 0.25) is 5.02 Å². The van der Waals surface area contributed by atoms with Crippen LogP contribution >= 0.6 is 11.6 Å². The minimum atomic E-state index is -0.496. The van der Waals surface area contributed by atoms with Crippen molar-refractivity contribution in [2.45, 2.75) is 51.6 Å². The number of benzene rings is 1. The zero-order chi connectivity index (χ0) is 20.3. The van der Waals surface area contributed by atoms with Crippen molar-refractivity contribution in [1.82, 2.24) is 9.97 Å². The SMILES string of the molecule is Cc1ccc(Cl)cc1CNc1nc(N)c([N+](=O)[O-])c(C[C@H]2CC[C@H](N)CC2)n1. The van der Waals surface area contributed by atoms with Crippen LogP contribution in [-0.2, 0) is 13.0 Å². The third-order valence-electron chi connectivity index (χ3n) is 5.29. The molecule has 0 radical (unpaired) electrons. The Morgan fingerprint density at radius 1 is 1.29 bits per heavy atom. The zero-order valence-electron chi connectivity index (χ0n) is 15.8. The molecule has 1 aromatic carbocycles. The lowest BCUT2D eigenvalue weighted by Crippen LogP contribution is -2.27. The summed E-state index contributed by atoms with van der Waals surface area (Å²) in [5.41, 5.74) is 14.1. The van der Waals surface area contributed by atoms with E-state index in [1.807, 2.05) is 25.1 Å². The number of hydrogen-bond donors (Lipinski definition) is 3. The summed E-state index contributed by atoms with van der Waals surface area (Å²) in [5.74, 6) is 0.480. The monoisotopic (exact) mass is 404 g/mol. The number of rotatable bonds is 6. The summed E-state index contributed by atoms with van der Waals surface area (Å²) in [5, 5.41) is 15.3. The number of nitrogens with zero attached hydrogens (tertiary/aromatic N) is 3. The normalized spacial score (nSPS) is 19.4. The van der Waals surface area contributed by atoms with E-state index in [9.17, 15) is 10.1 Å². The molecule has 28 heavy (non-hydrogen) atoms. The molecule has 9 heteroatoms. The molecule has 0 unspecified atom stereocenters. The van der Waals surface area contributed by atoms with Gasteiger partial charge in [-0.1, -0.05) is 17.7 Å². The summed E-state index contributed by atoms with van der Waals surface area (Å²) >= 11 is 6.06. The van der Waals surface area contributed by atoms with Gasteiger partial charge in [-0.2, -0.15) is 4.98 Å². The second kappa shape index (κ2) is 8.70. The lowest BCUT2D eigenvalue weighted by molar-refractivity contribution is -0.385. The molecule has 1 aliphatic carbocycles. The van der Waals surface area contributed by atoms with Crippen LogP contribution in [0.25, 0.3) is 0 Å². The molecule has 1 aromatic heterocycles. The Morgan fingerprint density at radius 3 is 2.68 bits per heavy atom. The van der Waals surface area contributed by atoms with Gasteiger partial charge in [0.05, 0.1) is 4.92 Å². The largest absolute Gasteiger partial charge is 0.378 e. The standard InChI is InChI=1S/C19H25ClN6O2/c1-11-2-5-14(20)9-13(11)10-23-19-24-16(17(26(27)28)18(22)25-19)8-12-3-6-15(21)7-4-12/h2,5,9,12,15H,3-4,6-8,10,21H2,1H3,(H3,22,23,24,25)/t12-,15-. The maximum absolute atomic E-state index is 11.5. The van der Waals surface area contributed by atoms with Crippen LogP contribution in [0.15, 0.2) is 18.2 Å². The number of aryl methyl sites for hydroxylation is 1. The van der Waals surface area contributed by atoms with Crippen molar-refractivity contribution in [3.05, 3.63) is 50.2 Å². The Hall–Kier alpha value is -2.45. The first-order valence-electron chi connectivity index (χ1n) is 9.38. The Labute approximate surface area is 168 Å². The van der Waals surface area contributed by atoms with Crippen LogP contribution in [0.1, 0.15) is 42.5 Å². The van der Waals surface area contributed by atoms with Crippen LogP contribution in [0, 0.1) is 23.0 Å². The lowest BCUT2D eigenvalue weighted by Gasteiger charge is -2.25. The van der Waals surface area contributed by atoms with Gasteiger partial charge in [-0.3, -0.25) is 10.1 Å². The molecule has 0 amide bonds. The fourth-order valence-electron chi connectivity index (χ4n) is 3.61. The Bertz CT molecular complexity index is 868. The van der Waals surface area contributed by atoms with E-state index in [1.54, 1.807) is 0 Å². The molecule has 0 spiro atoms. The topological polar surface area (TPSA) is 133 Å². The predicted molar refractivity (Wildman–Crippen MR) is 110 cm³/mol. The molecular formula is C19H25ClN6O2. The van der Waals surface area contributed by atoms with Crippen LogP contribution in [-0.4, -0.2) is 20.9 Å². The van der Waals surface area contributed by atoms with E-state index < -0.39 is 4.92 Å². The van der Waals surface area contributed by atoms with E-state index in [0.717, 1.165) is 36.8 Å². The number of anilines is 2. The number of aromatic nitrogens is 2. The molecule has 1 fully saturated rings. The molecule has 1 aliphatic rings. The fourth-order valence-corrected chi connectivity index (χ4v) is 3.81. The van der Waals surface area contributed by atoms with E-state index in [-0.39, 0.29) is 23.5 Å². The van der Waals surface area contributed by atoms with E-state index in [2.05, 4.69) is 15.3 Å². The average molecular weight is 405 g/mol. The van der Waals surface area contributed by atoms with Gasteiger partial charge in [-0.15, -0.1) is 0 Å². The first kappa shape index (κ1) is 20.3. The Morgan fingerprint density at radius 2 is 2.00 bits per heavy atom. The molecule has 5 N–H and O–H groups in total. The number of nitrogen functional groups attached to an aromatic ring is 1. The third kappa shape index (κ3) is 4.88. The molecule has 0 saturated heterocycles. The molecule has 0 bridgehead atoms. The molecular weight excluding hydrogens is 380 g/mol. The van der Waals surface area contributed by atoms with Gasteiger partial charge in [-0.25, -0.2) is 4.98 Å². The number of nitrogens with one attached hydrogen (secondary N) is 1. The molecule has 0 aliphatic heterocycles. The number of nitrogens with two attached hydrogens (primary N) is 2. The molecule has 0 atom stereocenters. The van der Waals surface area contributed by atoms with Crippen LogP contribution < -0.4 is 16.8 Å². The Balaban J connectivity index is 1.81. The van der Waals surface area contributed by atoms with E-state index >= 15 is 0 Å². The van der Waals surface area contributed by atoms with Gasteiger partial charge in [0, 0.05) is 17.6 Å². The van der Waals surface area contributed by atoms with Crippen molar-refractivity contribution in [2.24, 2.45) is 11.7 Å².